The van der Waals surface area contributed by atoms with Crippen LogP contribution in [0.15, 0.2) is 0 Å². The van der Waals surface area contributed by atoms with E-state index in [2.05, 4.69) is 10.6 Å². The van der Waals surface area contributed by atoms with Gasteiger partial charge in [0.2, 0.25) is 5.91 Å². The van der Waals surface area contributed by atoms with Gasteiger partial charge in [0.05, 0.1) is 18.2 Å². The zero-order chi connectivity index (χ0) is 13.8. The van der Waals surface area contributed by atoms with Gasteiger partial charge in [0.1, 0.15) is 0 Å². The quantitative estimate of drug-likeness (QED) is 0.652. The second-order valence-electron chi connectivity index (χ2n) is 5.47. The number of ether oxygens (including phenoxy) is 1. The Kier molecular flexibility index (Phi) is 5.10. The normalized spacial score (nSPS) is 21.6. The fourth-order valence-electron chi connectivity index (χ4n) is 1.69. The van der Waals surface area contributed by atoms with Crippen LogP contribution in [-0.4, -0.2) is 47.8 Å². The number of carbonyl (C=O) groups excluding carboxylic acids is 1. The average molecular weight is 258 g/mol. The van der Waals surface area contributed by atoms with E-state index in [1.165, 1.54) is 0 Å². The van der Waals surface area contributed by atoms with Crippen molar-refractivity contribution in [2.24, 2.45) is 0 Å². The first kappa shape index (κ1) is 14.9. The Hall–Kier alpha value is -1.14. The first-order chi connectivity index (χ1) is 8.29. The van der Waals surface area contributed by atoms with Crippen molar-refractivity contribution in [2.75, 3.05) is 13.2 Å². The molecule has 0 radical (unpaired) electrons. The van der Waals surface area contributed by atoms with Gasteiger partial charge in [-0.05, 0) is 40.2 Å². The van der Waals surface area contributed by atoms with Gasteiger partial charge < -0.3 is 20.5 Å². The molecule has 0 unspecified atom stereocenters. The minimum Gasteiger partial charge on any atom is -0.480 e. The number of hydrogen-bond acceptors (Lipinski definition) is 4. The van der Waals surface area contributed by atoms with E-state index in [1.807, 2.05) is 20.8 Å². The molecule has 0 aromatic carbocycles. The lowest BCUT2D eigenvalue weighted by Crippen LogP contribution is -2.50. The maximum Gasteiger partial charge on any atom is 0.328 e. The monoisotopic (exact) mass is 258 g/mol. The molecule has 0 aliphatic carbocycles. The van der Waals surface area contributed by atoms with Gasteiger partial charge >= 0.3 is 5.97 Å². The predicted molar refractivity (Wildman–Crippen MR) is 66.3 cm³/mol. The molecule has 1 fully saturated rings. The molecule has 0 spiro atoms. The van der Waals surface area contributed by atoms with Crippen LogP contribution in [0.1, 0.15) is 33.6 Å². The standard InChI is InChI=1S/C12H22N2O4/c1-12(2,3)18-7-9(11(16)17)14-10(15)8-5-4-6-13-8/h8-9,13H,4-7H2,1-3H3,(H,14,15)(H,16,17)/t8-,9-/m0/s1. The molecule has 1 amide bonds. The van der Waals surface area contributed by atoms with Crippen molar-refractivity contribution in [3.8, 4) is 0 Å². The Labute approximate surface area is 107 Å². The van der Waals surface area contributed by atoms with E-state index in [4.69, 9.17) is 9.84 Å². The summed E-state index contributed by atoms with van der Waals surface area (Å²) in [6.45, 7) is 6.29. The second-order valence-corrected chi connectivity index (χ2v) is 5.47. The van der Waals surface area contributed by atoms with Gasteiger partial charge in [0.15, 0.2) is 6.04 Å². The molecule has 18 heavy (non-hydrogen) atoms. The van der Waals surface area contributed by atoms with Crippen molar-refractivity contribution in [3.05, 3.63) is 0 Å². The number of nitrogens with one attached hydrogen (secondary N) is 2. The van der Waals surface area contributed by atoms with E-state index in [0.717, 1.165) is 19.4 Å². The van der Waals surface area contributed by atoms with Crippen molar-refractivity contribution in [1.29, 1.82) is 0 Å². The molecule has 0 aromatic rings. The molecule has 1 saturated heterocycles. The number of rotatable bonds is 5. The number of carboxylic acids is 1. The molecule has 1 aliphatic rings. The summed E-state index contributed by atoms with van der Waals surface area (Å²) < 4.78 is 5.40. The third-order valence-electron chi connectivity index (χ3n) is 2.67. The molecule has 3 N–H and O–H groups in total. The van der Waals surface area contributed by atoms with Crippen molar-refractivity contribution < 1.29 is 19.4 Å². The van der Waals surface area contributed by atoms with Gasteiger partial charge in [-0.2, -0.15) is 0 Å². The smallest absolute Gasteiger partial charge is 0.328 e. The van der Waals surface area contributed by atoms with Crippen LogP contribution >= 0.6 is 0 Å². The molecule has 1 aliphatic heterocycles. The predicted octanol–water partition coefficient (Wildman–Crippen LogP) is 0.123. The molecule has 2 atom stereocenters. The lowest BCUT2D eigenvalue weighted by atomic mass is 10.2. The summed E-state index contributed by atoms with van der Waals surface area (Å²) >= 11 is 0. The Morgan fingerprint density at radius 3 is 2.61 bits per heavy atom. The third kappa shape index (κ3) is 5.01. The summed E-state index contributed by atoms with van der Waals surface area (Å²) in [5.74, 6) is -1.34. The molecular formula is C12H22N2O4. The highest BCUT2D eigenvalue weighted by Crippen LogP contribution is 2.08. The zero-order valence-corrected chi connectivity index (χ0v) is 11.2. The SMILES string of the molecule is CC(C)(C)OC[C@H](NC(=O)[C@@H]1CCCN1)C(=O)O. The van der Waals surface area contributed by atoms with Crippen LogP contribution in [0.4, 0.5) is 0 Å². The molecule has 0 aromatic heterocycles. The molecule has 0 saturated carbocycles. The molecule has 0 bridgehead atoms. The summed E-state index contributed by atoms with van der Waals surface area (Å²) in [5.41, 5.74) is -0.427. The Balaban J connectivity index is 2.46. The number of carbonyl (C=O) groups is 2. The van der Waals surface area contributed by atoms with Crippen molar-refractivity contribution >= 4 is 11.9 Å². The third-order valence-corrected chi connectivity index (χ3v) is 2.67. The summed E-state index contributed by atoms with van der Waals surface area (Å²) in [7, 11) is 0. The van der Waals surface area contributed by atoms with Gasteiger partial charge in [0, 0.05) is 0 Å². The number of amides is 1. The first-order valence-electron chi connectivity index (χ1n) is 6.20. The fraction of sp³-hybridized carbons (Fsp3) is 0.833. The first-order valence-corrected chi connectivity index (χ1v) is 6.20. The van der Waals surface area contributed by atoms with E-state index in [0.29, 0.717) is 0 Å². The Bertz CT molecular complexity index is 306. The summed E-state index contributed by atoms with van der Waals surface area (Å²) in [4.78, 5) is 22.8. The van der Waals surface area contributed by atoms with Crippen LogP contribution in [-0.2, 0) is 14.3 Å². The Morgan fingerprint density at radius 2 is 2.17 bits per heavy atom. The van der Waals surface area contributed by atoms with Gasteiger partial charge in [-0.15, -0.1) is 0 Å². The maximum atomic E-state index is 11.8. The van der Waals surface area contributed by atoms with Gasteiger partial charge in [-0.25, -0.2) is 4.79 Å². The summed E-state index contributed by atoms with van der Waals surface area (Å²) in [6.07, 6.45) is 1.69. The van der Waals surface area contributed by atoms with Crippen LogP contribution < -0.4 is 10.6 Å². The summed E-state index contributed by atoms with van der Waals surface area (Å²) in [5, 5.41) is 14.6. The topological polar surface area (TPSA) is 87.7 Å². The van der Waals surface area contributed by atoms with Crippen LogP contribution in [0.25, 0.3) is 0 Å². The highest BCUT2D eigenvalue weighted by Gasteiger charge is 2.28. The van der Waals surface area contributed by atoms with Gasteiger partial charge in [-0.1, -0.05) is 0 Å². The molecule has 104 valence electrons. The minimum absolute atomic E-state index is 0.0305. The van der Waals surface area contributed by atoms with E-state index in [1.54, 1.807) is 0 Å². The summed E-state index contributed by atoms with van der Waals surface area (Å²) in [6, 6.07) is -1.28. The van der Waals surface area contributed by atoms with Gasteiger partial charge in [0.25, 0.3) is 0 Å². The van der Waals surface area contributed by atoms with Crippen molar-refractivity contribution in [3.63, 3.8) is 0 Å². The number of hydrogen-bond donors (Lipinski definition) is 3. The van der Waals surface area contributed by atoms with E-state index >= 15 is 0 Å². The molecular weight excluding hydrogens is 236 g/mol. The lowest BCUT2D eigenvalue weighted by Gasteiger charge is -2.23. The highest BCUT2D eigenvalue weighted by molar-refractivity contribution is 5.87. The largest absolute Gasteiger partial charge is 0.480 e. The van der Waals surface area contributed by atoms with E-state index < -0.39 is 17.6 Å². The molecule has 1 rings (SSSR count). The fourth-order valence-corrected chi connectivity index (χ4v) is 1.69. The maximum absolute atomic E-state index is 11.8. The lowest BCUT2D eigenvalue weighted by molar-refractivity contribution is -0.145. The van der Waals surface area contributed by atoms with Crippen LogP contribution in [0, 0.1) is 0 Å². The second kappa shape index (κ2) is 6.15. The zero-order valence-electron chi connectivity index (χ0n) is 11.2. The van der Waals surface area contributed by atoms with Crippen LogP contribution in [0.2, 0.25) is 0 Å². The van der Waals surface area contributed by atoms with E-state index in [-0.39, 0.29) is 18.6 Å². The molecule has 6 heteroatoms. The van der Waals surface area contributed by atoms with Crippen molar-refractivity contribution in [2.45, 2.75) is 51.3 Å². The number of aliphatic carboxylic acids is 1. The molecule has 6 nitrogen and oxygen atoms in total. The average Bonchev–Trinajstić information content (AvgIpc) is 2.75. The van der Waals surface area contributed by atoms with Crippen LogP contribution in [0.5, 0.6) is 0 Å². The number of carboxylic acid groups (broad SMARTS) is 1. The highest BCUT2D eigenvalue weighted by atomic mass is 16.5. The molecule has 1 heterocycles. The van der Waals surface area contributed by atoms with Crippen LogP contribution in [0.3, 0.4) is 0 Å². The van der Waals surface area contributed by atoms with E-state index in [9.17, 15) is 9.59 Å². The van der Waals surface area contributed by atoms with Crippen molar-refractivity contribution in [1.82, 2.24) is 10.6 Å². The minimum atomic E-state index is -1.08. The van der Waals surface area contributed by atoms with Gasteiger partial charge in [-0.3, -0.25) is 4.79 Å². The Morgan fingerprint density at radius 1 is 1.50 bits per heavy atom.